The summed E-state index contributed by atoms with van der Waals surface area (Å²) in [6, 6.07) is 12.1. The number of nitrogens with zero attached hydrogens (tertiary/aromatic N) is 3. The molecule has 2 aromatic heterocycles. The number of hydrogen-bond donors (Lipinski definition) is 2. The molecule has 2 heterocycles. The smallest absolute Gasteiger partial charge is 0.225 e. The summed E-state index contributed by atoms with van der Waals surface area (Å²) in [4.78, 5) is 13.6. The van der Waals surface area contributed by atoms with Crippen molar-refractivity contribution in [1.29, 1.82) is 0 Å². The topological polar surface area (TPSA) is 62.7 Å². The molecule has 1 aromatic carbocycles. The third-order valence-corrected chi connectivity index (χ3v) is 5.34. The predicted octanol–water partition coefficient (Wildman–Crippen LogP) is 5.99. The Balaban J connectivity index is 1.67. The van der Waals surface area contributed by atoms with Crippen LogP contribution in [0.5, 0.6) is 0 Å². The zero-order chi connectivity index (χ0) is 19.3. The van der Waals surface area contributed by atoms with Gasteiger partial charge in [0.1, 0.15) is 5.82 Å². The average molecular weight is 394 g/mol. The predicted molar refractivity (Wildman–Crippen MR) is 115 cm³/mol. The number of anilines is 3. The molecule has 0 spiro atoms. The van der Waals surface area contributed by atoms with Gasteiger partial charge in [-0.1, -0.05) is 36.9 Å². The van der Waals surface area contributed by atoms with Crippen LogP contribution in [-0.4, -0.2) is 21.0 Å². The van der Waals surface area contributed by atoms with E-state index in [2.05, 4.69) is 15.6 Å². The van der Waals surface area contributed by atoms with Crippen molar-refractivity contribution in [2.24, 2.45) is 0 Å². The van der Waals surface area contributed by atoms with Gasteiger partial charge in [-0.15, -0.1) is 0 Å². The molecule has 2 N–H and O–H groups in total. The van der Waals surface area contributed by atoms with E-state index in [0.717, 1.165) is 28.3 Å². The maximum absolute atomic E-state index is 6.18. The molecule has 5 nitrogen and oxygen atoms in total. The molecular formula is C22H24ClN5. The fourth-order valence-electron chi connectivity index (χ4n) is 3.54. The third-order valence-electron chi connectivity index (χ3n) is 5.10. The molecule has 3 aromatic rings. The lowest BCUT2D eigenvalue weighted by Gasteiger charge is -2.23. The zero-order valence-corrected chi connectivity index (χ0v) is 16.7. The highest BCUT2D eigenvalue weighted by Crippen LogP contribution is 2.28. The van der Waals surface area contributed by atoms with Gasteiger partial charge in [0.25, 0.3) is 0 Å². The van der Waals surface area contributed by atoms with E-state index in [1.807, 2.05) is 43.3 Å². The summed E-state index contributed by atoms with van der Waals surface area (Å²) < 4.78 is 0. The van der Waals surface area contributed by atoms with E-state index < -0.39 is 0 Å². The Labute approximate surface area is 170 Å². The molecular weight excluding hydrogens is 370 g/mol. The number of rotatable bonds is 5. The Hall–Kier alpha value is -2.66. The molecule has 0 amide bonds. The van der Waals surface area contributed by atoms with Crippen LogP contribution in [0.15, 0.2) is 48.8 Å². The Morgan fingerprint density at radius 2 is 1.75 bits per heavy atom. The second-order valence-electron chi connectivity index (χ2n) is 7.26. The highest BCUT2D eigenvalue weighted by molar-refractivity contribution is 6.30. The van der Waals surface area contributed by atoms with Gasteiger partial charge in [0, 0.05) is 40.8 Å². The first-order valence-electron chi connectivity index (χ1n) is 9.76. The molecule has 1 saturated carbocycles. The highest BCUT2D eigenvalue weighted by Gasteiger charge is 2.16. The van der Waals surface area contributed by atoms with Crippen LogP contribution in [0.2, 0.25) is 5.02 Å². The van der Waals surface area contributed by atoms with E-state index in [1.54, 1.807) is 12.4 Å². The molecule has 0 aliphatic heterocycles. The lowest BCUT2D eigenvalue weighted by molar-refractivity contribution is 0.461. The minimum atomic E-state index is 0.433. The number of hydrogen-bond acceptors (Lipinski definition) is 5. The van der Waals surface area contributed by atoms with Crippen molar-refractivity contribution in [3.8, 4) is 11.3 Å². The molecule has 4 rings (SSSR count). The van der Waals surface area contributed by atoms with E-state index >= 15 is 0 Å². The minimum absolute atomic E-state index is 0.433. The van der Waals surface area contributed by atoms with E-state index in [9.17, 15) is 0 Å². The number of benzene rings is 1. The maximum Gasteiger partial charge on any atom is 0.225 e. The summed E-state index contributed by atoms with van der Waals surface area (Å²) in [6.07, 6.45) is 9.72. The van der Waals surface area contributed by atoms with Gasteiger partial charge in [-0.25, -0.2) is 4.98 Å². The molecule has 144 valence electrons. The molecule has 1 fully saturated rings. The molecule has 1 aliphatic rings. The lowest BCUT2D eigenvalue weighted by atomic mass is 9.96. The van der Waals surface area contributed by atoms with Crippen molar-refractivity contribution in [2.75, 3.05) is 10.6 Å². The third kappa shape index (κ3) is 4.60. The normalized spacial score (nSPS) is 14.6. The second-order valence-corrected chi connectivity index (χ2v) is 7.70. The van der Waals surface area contributed by atoms with Gasteiger partial charge in [0.2, 0.25) is 5.95 Å². The average Bonchev–Trinajstić information content (AvgIpc) is 2.72. The summed E-state index contributed by atoms with van der Waals surface area (Å²) in [5, 5.41) is 7.64. The second kappa shape index (κ2) is 8.57. The zero-order valence-electron chi connectivity index (χ0n) is 16.0. The van der Waals surface area contributed by atoms with Gasteiger partial charge < -0.3 is 10.6 Å². The van der Waals surface area contributed by atoms with Crippen molar-refractivity contribution in [3.05, 3.63) is 59.4 Å². The molecule has 0 bridgehead atoms. The largest absolute Gasteiger partial charge is 0.351 e. The summed E-state index contributed by atoms with van der Waals surface area (Å²) in [5.74, 6) is 1.40. The van der Waals surface area contributed by atoms with Crippen molar-refractivity contribution < 1.29 is 0 Å². The number of halogens is 1. The number of aryl methyl sites for hydroxylation is 1. The van der Waals surface area contributed by atoms with E-state index in [1.165, 1.54) is 32.1 Å². The van der Waals surface area contributed by atoms with Crippen LogP contribution >= 0.6 is 11.6 Å². The van der Waals surface area contributed by atoms with Crippen molar-refractivity contribution in [1.82, 2.24) is 15.0 Å². The number of pyridine rings is 1. The molecule has 0 radical (unpaired) electrons. The molecule has 0 unspecified atom stereocenters. The van der Waals surface area contributed by atoms with Gasteiger partial charge in [-0.05, 0) is 49.6 Å². The van der Waals surface area contributed by atoms with Crippen molar-refractivity contribution in [3.63, 3.8) is 0 Å². The maximum atomic E-state index is 6.18. The van der Waals surface area contributed by atoms with Crippen LogP contribution in [0.3, 0.4) is 0 Å². The quantitative estimate of drug-likeness (QED) is 0.557. The van der Waals surface area contributed by atoms with Crippen LogP contribution in [0, 0.1) is 6.92 Å². The minimum Gasteiger partial charge on any atom is -0.351 e. The van der Waals surface area contributed by atoms with Gasteiger partial charge in [0.15, 0.2) is 0 Å². The van der Waals surface area contributed by atoms with Gasteiger partial charge >= 0.3 is 0 Å². The summed E-state index contributed by atoms with van der Waals surface area (Å²) >= 11 is 6.18. The fraction of sp³-hybridized carbons (Fsp3) is 0.318. The Morgan fingerprint density at radius 1 is 0.964 bits per heavy atom. The van der Waals surface area contributed by atoms with E-state index in [0.29, 0.717) is 17.0 Å². The molecule has 6 heteroatoms. The van der Waals surface area contributed by atoms with Gasteiger partial charge in [0.05, 0.1) is 5.69 Å². The Kier molecular flexibility index (Phi) is 5.72. The Morgan fingerprint density at radius 3 is 2.54 bits per heavy atom. The van der Waals surface area contributed by atoms with E-state index in [4.69, 9.17) is 21.6 Å². The van der Waals surface area contributed by atoms with Crippen molar-refractivity contribution in [2.45, 2.75) is 45.1 Å². The first-order valence-corrected chi connectivity index (χ1v) is 10.1. The summed E-state index contributed by atoms with van der Waals surface area (Å²) in [7, 11) is 0. The number of aromatic nitrogens is 3. The number of nitrogens with one attached hydrogen (secondary N) is 2. The SMILES string of the molecule is Cc1ccc(Cl)cc1Nc1cc(-c2ccncc2)nc(NC2CCCCC2)n1. The highest BCUT2D eigenvalue weighted by atomic mass is 35.5. The van der Waals surface area contributed by atoms with Gasteiger partial charge in [-0.3, -0.25) is 4.98 Å². The lowest BCUT2D eigenvalue weighted by Crippen LogP contribution is -2.23. The standard InChI is InChI=1S/C22H24ClN5/c1-15-7-8-17(23)13-19(15)26-21-14-20(16-9-11-24-12-10-16)27-22(28-21)25-18-5-3-2-4-6-18/h7-14,18H,2-6H2,1H3,(H2,25,26,27,28). The summed E-state index contributed by atoms with van der Waals surface area (Å²) in [6.45, 7) is 2.05. The molecule has 1 aliphatic carbocycles. The first kappa shape index (κ1) is 18.7. The van der Waals surface area contributed by atoms with Crippen molar-refractivity contribution >= 4 is 29.1 Å². The van der Waals surface area contributed by atoms with Crippen LogP contribution in [0.4, 0.5) is 17.5 Å². The monoisotopic (exact) mass is 393 g/mol. The van der Waals surface area contributed by atoms with E-state index in [-0.39, 0.29) is 0 Å². The van der Waals surface area contributed by atoms with Crippen LogP contribution < -0.4 is 10.6 Å². The van der Waals surface area contributed by atoms with Crippen LogP contribution in [-0.2, 0) is 0 Å². The first-order chi connectivity index (χ1) is 13.7. The Bertz CT molecular complexity index is 939. The fourth-order valence-corrected chi connectivity index (χ4v) is 3.71. The van der Waals surface area contributed by atoms with Gasteiger partial charge in [-0.2, -0.15) is 4.98 Å². The van der Waals surface area contributed by atoms with Crippen LogP contribution in [0.1, 0.15) is 37.7 Å². The molecule has 0 saturated heterocycles. The molecule has 28 heavy (non-hydrogen) atoms. The van der Waals surface area contributed by atoms with Crippen LogP contribution in [0.25, 0.3) is 11.3 Å². The molecule has 0 atom stereocenters. The summed E-state index contributed by atoms with van der Waals surface area (Å²) in [5.41, 5.74) is 3.92.